The summed E-state index contributed by atoms with van der Waals surface area (Å²) in [6.07, 6.45) is 1.94. The van der Waals surface area contributed by atoms with Crippen molar-refractivity contribution >= 4 is 11.8 Å². The number of nitrogens with zero attached hydrogens (tertiary/aromatic N) is 1. The Kier molecular flexibility index (Phi) is 5.85. The number of likely N-dealkylation sites (N-methyl/N-ethyl adjacent to an activating group) is 1. The number of unbranched alkanes of at least 4 members (excludes halogenated alkanes) is 1. The molecule has 0 saturated heterocycles. The summed E-state index contributed by atoms with van der Waals surface area (Å²) in [5.41, 5.74) is 0.365. The smallest absolute Gasteiger partial charge is 0.254 e. The van der Waals surface area contributed by atoms with Gasteiger partial charge in [0, 0.05) is 19.2 Å². The molecule has 0 bridgehead atoms. The van der Waals surface area contributed by atoms with E-state index in [0.29, 0.717) is 12.1 Å². The number of amides is 2. The Morgan fingerprint density at radius 2 is 2.11 bits per heavy atom. The first-order chi connectivity index (χ1) is 9.04. The molecule has 0 aliphatic rings. The quantitative estimate of drug-likeness (QED) is 0.763. The van der Waals surface area contributed by atoms with E-state index < -0.39 is 0 Å². The Morgan fingerprint density at radius 1 is 1.37 bits per heavy atom. The van der Waals surface area contributed by atoms with Gasteiger partial charge in [-0.15, -0.1) is 0 Å². The van der Waals surface area contributed by atoms with Crippen LogP contribution in [-0.4, -0.2) is 42.0 Å². The van der Waals surface area contributed by atoms with Crippen molar-refractivity contribution in [2.24, 2.45) is 0 Å². The van der Waals surface area contributed by atoms with Crippen LogP contribution in [-0.2, 0) is 4.79 Å². The summed E-state index contributed by atoms with van der Waals surface area (Å²) >= 11 is 0. The van der Waals surface area contributed by atoms with E-state index in [1.165, 1.54) is 17.0 Å². The van der Waals surface area contributed by atoms with Crippen LogP contribution in [0, 0.1) is 0 Å². The Labute approximate surface area is 113 Å². The lowest BCUT2D eigenvalue weighted by atomic mass is 10.2. The highest BCUT2D eigenvalue weighted by molar-refractivity contribution is 5.96. The molecule has 1 aromatic rings. The first-order valence-corrected chi connectivity index (χ1v) is 6.35. The van der Waals surface area contributed by atoms with Gasteiger partial charge < -0.3 is 15.3 Å². The molecule has 2 amide bonds. The zero-order chi connectivity index (χ0) is 14.3. The maximum atomic E-state index is 12.0. The molecule has 5 nitrogen and oxygen atoms in total. The number of phenolic OH excluding ortho intramolecular Hbond substituents is 1. The first kappa shape index (κ1) is 15.0. The van der Waals surface area contributed by atoms with Gasteiger partial charge in [-0.25, -0.2) is 0 Å². The van der Waals surface area contributed by atoms with Crippen molar-refractivity contribution in [1.82, 2.24) is 10.2 Å². The van der Waals surface area contributed by atoms with E-state index in [0.717, 1.165) is 12.8 Å². The lowest BCUT2D eigenvalue weighted by Gasteiger charge is -2.16. The molecule has 19 heavy (non-hydrogen) atoms. The van der Waals surface area contributed by atoms with Gasteiger partial charge in [0.25, 0.3) is 5.91 Å². The summed E-state index contributed by atoms with van der Waals surface area (Å²) in [5.74, 6) is -0.433. The fourth-order valence-corrected chi connectivity index (χ4v) is 1.61. The maximum absolute atomic E-state index is 12.0. The molecule has 5 heteroatoms. The Morgan fingerprint density at radius 3 is 2.74 bits per heavy atom. The molecule has 0 atom stereocenters. The van der Waals surface area contributed by atoms with Crippen LogP contribution in [0.25, 0.3) is 0 Å². The molecule has 1 aromatic carbocycles. The number of phenols is 1. The fraction of sp³-hybridized carbons (Fsp3) is 0.429. The van der Waals surface area contributed by atoms with E-state index in [2.05, 4.69) is 5.32 Å². The van der Waals surface area contributed by atoms with Crippen LogP contribution in [0.15, 0.2) is 24.3 Å². The molecule has 0 fully saturated rings. The molecule has 2 N–H and O–H groups in total. The predicted octanol–water partition coefficient (Wildman–Crippen LogP) is 1.38. The predicted molar refractivity (Wildman–Crippen MR) is 73.0 cm³/mol. The summed E-state index contributed by atoms with van der Waals surface area (Å²) in [7, 11) is 1.56. The minimum absolute atomic E-state index is 0.0121. The van der Waals surface area contributed by atoms with Crippen molar-refractivity contribution < 1.29 is 14.7 Å². The number of benzene rings is 1. The zero-order valence-corrected chi connectivity index (χ0v) is 11.3. The van der Waals surface area contributed by atoms with Crippen molar-refractivity contribution in [2.45, 2.75) is 19.8 Å². The normalized spacial score (nSPS) is 10.0. The average Bonchev–Trinajstić information content (AvgIpc) is 2.38. The van der Waals surface area contributed by atoms with E-state index in [1.54, 1.807) is 19.2 Å². The summed E-state index contributed by atoms with van der Waals surface area (Å²) in [6.45, 7) is 2.69. The van der Waals surface area contributed by atoms with Gasteiger partial charge in [-0.2, -0.15) is 0 Å². The van der Waals surface area contributed by atoms with E-state index in [1.807, 2.05) is 6.92 Å². The second-order valence-electron chi connectivity index (χ2n) is 4.42. The van der Waals surface area contributed by atoms with Gasteiger partial charge in [-0.1, -0.05) is 19.4 Å². The van der Waals surface area contributed by atoms with Gasteiger partial charge in [0.1, 0.15) is 5.75 Å². The number of rotatable bonds is 6. The molecule has 0 radical (unpaired) electrons. The van der Waals surface area contributed by atoms with Crippen molar-refractivity contribution in [3.8, 4) is 5.75 Å². The van der Waals surface area contributed by atoms with E-state index in [9.17, 15) is 14.7 Å². The standard InChI is InChI=1S/C14H20N2O3/c1-3-4-8-15-13(18)10-16(2)14(19)11-6-5-7-12(17)9-11/h5-7,9,17H,3-4,8,10H2,1-2H3,(H,15,18). The van der Waals surface area contributed by atoms with Gasteiger partial charge in [0.2, 0.25) is 5.91 Å². The molecule has 0 heterocycles. The Hall–Kier alpha value is -2.04. The summed E-state index contributed by atoms with van der Waals surface area (Å²) < 4.78 is 0. The third-order valence-electron chi connectivity index (χ3n) is 2.67. The molecule has 0 unspecified atom stereocenters. The topological polar surface area (TPSA) is 69.6 Å². The highest BCUT2D eigenvalue weighted by Crippen LogP contribution is 2.12. The number of aromatic hydroxyl groups is 1. The van der Waals surface area contributed by atoms with Crippen molar-refractivity contribution in [1.29, 1.82) is 0 Å². The van der Waals surface area contributed by atoms with Crippen LogP contribution < -0.4 is 5.32 Å². The van der Waals surface area contributed by atoms with Crippen LogP contribution in [0.1, 0.15) is 30.1 Å². The SMILES string of the molecule is CCCCNC(=O)CN(C)C(=O)c1cccc(O)c1. The number of carbonyl (C=O) groups is 2. The van der Waals surface area contributed by atoms with Gasteiger partial charge >= 0.3 is 0 Å². The van der Waals surface area contributed by atoms with Crippen molar-refractivity contribution in [3.05, 3.63) is 29.8 Å². The van der Waals surface area contributed by atoms with E-state index >= 15 is 0 Å². The van der Waals surface area contributed by atoms with Gasteiger partial charge in [-0.05, 0) is 24.6 Å². The number of hydrogen-bond donors (Lipinski definition) is 2. The second-order valence-corrected chi connectivity index (χ2v) is 4.42. The average molecular weight is 264 g/mol. The lowest BCUT2D eigenvalue weighted by molar-refractivity contribution is -0.121. The third-order valence-corrected chi connectivity index (χ3v) is 2.67. The molecule has 104 valence electrons. The Balaban J connectivity index is 2.51. The summed E-state index contributed by atoms with van der Waals surface area (Å²) in [4.78, 5) is 24.9. The monoisotopic (exact) mass is 264 g/mol. The van der Waals surface area contributed by atoms with E-state index in [-0.39, 0.29) is 24.1 Å². The van der Waals surface area contributed by atoms with Gasteiger partial charge in [-0.3, -0.25) is 9.59 Å². The molecular weight excluding hydrogens is 244 g/mol. The molecule has 0 aliphatic heterocycles. The highest BCUT2D eigenvalue weighted by Gasteiger charge is 2.14. The fourth-order valence-electron chi connectivity index (χ4n) is 1.61. The van der Waals surface area contributed by atoms with Crippen LogP contribution in [0.2, 0.25) is 0 Å². The van der Waals surface area contributed by atoms with Crippen LogP contribution in [0.3, 0.4) is 0 Å². The van der Waals surface area contributed by atoms with Crippen molar-refractivity contribution in [2.75, 3.05) is 20.1 Å². The summed E-state index contributed by atoms with van der Waals surface area (Å²) in [6, 6.07) is 6.08. The lowest BCUT2D eigenvalue weighted by Crippen LogP contribution is -2.38. The Bertz CT molecular complexity index is 446. The zero-order valence-electron chi connectivity index (χ0n) is 11.3. The van der Waals surface area contributed by atoms with Crippen molar-refractivity contribution in [3.63, 3.8) is 0 Å². The first-order valence-electron chi connectivity index (χ1n) is 6.35. The largest absolute Gasteiger partial charge is 0.508 e. The number of hydrogen-bond acceptors (Lipinski definition) is 3. The molecule has 0 aromatic heterocycles. The van der Waals surface area contributed by atoms with Crippen LogP contribution in [0.5, 0.6) is 5.75 Å². The molecule has 0 spiro atoms. The molecule has 0 saturated carbocycles. The second kappa shape index (κ2) is 7.41. The highest BCUT2D eigenvalue weighted by atomic mass is 16.3. The number of carbonyl (C=O) groups excluding carboxylic acids is 2. The third kappa shape index (κ3) is 4.99. The van der Waals surface area contributed by atoms with Crippen LogP contribution >= 0.6 is 0 Å². The molecule has 0 aliphatic carbocycles. The van der Waals surface area contributed by atoms with E-state index in [4.69, 9.17) is 0 Å². The molecule has 1 rings (SSSR count). The van der Waals surface area contributed by atoms with Gasteiger partial charge in [0.05, 0.1) is 6.54 Å². The van der Waals surface area contributed by atoms with Crippen LogP contribution in [0.4, 0.5) is 0 Å². The minimum Gasteiger partial charge on any atom is -0.508 e. The minimum atomic E-state index is -0.290. The van der Waals surface area contributed by atoms with Gasteiger partial charge in [0.15, 0.2) is 0 Å². The number of nitrogens with one attached hydrogen (secondary N) is 1. The summed E-state index contributed by atoms with van der Waals surface area (Å²) in [5, 5.41) is 12.1. The molecular formula is C14H20N2O3. The maximum Gasteiger partial charge on any atom is 0.254 e.